The van der Waals surface area contributed by atoms with E-state index in [0.717, 1.165) is 15.3 Å². The number of hydrogen-bond donors (Lipinski definition) is 0. The first-order chi connectivity index (χ1) is 10.1. The van der Waals surface area contributed by atoms with Crippen molar-refractivity contribution in [3.8, 4) is 0 Å². The predicted molar refractivity (Wildman–Crippen MR) is 80.1 cm³/mol. The number of carbonyl (C=O) groups is 1. The Morgan fingerprint density at radius 3 is 2.81 bits per heavy atom. The van der Waals surface area contributed by atoms with Gasteiger partial charge in [0.15, 0.2) is 0 Å². The number of aromatic nitrogens is 4. The monoisotopic (exact) mass is 301 g/mol. The van der Waals surface area contributed by atoms with E-state index in [0.29, 0.717) is 11.5 Å². The molecule has 1 amide bonds. The molecule has 3 rings (SSSR count). The second kappa shape index (κ2) is 5.14. The second-order valence-electron chi connectivity index (χ2n) is 4.60. The highest BCUT2D eigenvalue weighted by molar-refractivity contribution is 6.39. The molecule has 0 unspecified atom stereocenters. The van der Waals surface area contributed by atoms with E-state index < -0.39 is 5.91 Å². The van der Waals surface area contributed by atoms with Gasteiger partial charge >= 0.3 is 5.91 Å². The van der Waals surface area contributed by atoms with Crippen LogP contribution in [0.3, 0.4) is 0 Å². The molecule has 1 aromatic carbocycles. The van der Waals surface area contributed by atoms with Gasteiger partial charge in [0, 0.05) is 30.4 Å². The summed E-state index contributed by atoms with van der Waals surface area (Å²) in [5.74, 6) is 0.405. The summed E-state index contributed by atoms with van der Waals surface area (Å²) in [6, 6.07) is 9.10. The van der Waals surface area contributed by atoms with Crippen LogP contribution >= 0.6 is 11.8 Å². The van der Waals surface area contributed by atoms with Crippen LogP contribution in [0.1, 0.15) is 16.4 Å². The number of halogens is 1. The molecule has 0 saturated carbocycles. The zero-order valence-electron chi connectivity index (χ0n) is 11.5. The fourth-order valence-electron chi connectivity index (χ4n) is 1.98. The molecule has 106 valence electrons. The molecule has 0 spiro atoms. The van der Waals surface area contributed by atoms with E-state index in [2.05, 4.69) is 15.2 Å². The lowest BCUT2D eigenvalue weighted by Gasteiger charge is -2.13. The smallest absolute Gasteiger partial charge is 0.310 e. The van der Waals surface area contributed by atoms with Gasteiger partial charge in [0.25, 0.3) is 0 Å². The number of carbonyl (C=O) groups excluding carboxylic acids is 1. The highest BCUT2D eigenvalue weighted by Gasteiger charge is 2.22. The third kappa shape index (κ3) is 2.34. The molecule has 0 atom stereocenters. The van der Waals surface area contributed by atoms with Crippen molar-refractivity contribution in [1.29, 1.82) is 0 Å². The third-order valence-electron chi connectivity index (χ3n) is 3.28. The van der Waals surface area contributed by atoms with E-state index in [9.17, 15) is 4.79 Å². The molecule has 0 aliphatic rings. The quantitative estimate of drug-likeness (QED) is 0.682. The van der Waals surface area contributed by atoms with Crippen molar-refractivity contribution >= 4 is 34.3 Å². The lowest BCUT2D eigenvalue weighted by molar-refractivity contribution is 0.0992. The summed E-state index contributed by atoms with van der Waals surface area (Å²) in [5.41, 5.74) is 1.40. The zero-order valence-corrected chi connectivity index (χ0v) is 12.2. The molecule has 0 aliphatic heterocycles. The highest BCUT2D eigenvalue weighted by atomic mass is 35.5. The van der Waals surface area contributed by atoms with Crippen molar-refractivity contribution in [2.75, 3.05) is 4.42 Å². The first-order valence-electron chi connectivity index (χ1n) is 6.29. The molecule has 0 bridgehead atoms. The Bertz CT molecular complexity index is 829. The molecule has 0 N–H and O–H groups in total. The molecule has 6 nitrogen and oxygen atoms in total. The molecule has 7 heteroatoms. The maximum absolute atomic E-state index is 12.4. The summed E-state index contributed by atoms with van der Waals surface area (Å²) in [4.78, 5) is 16.6. The number of anilines is 1. The van der Waals surface area contributed by atoms with Crippen LogP contribution in [0, 0.1) is 6.92 Å². The summed E-state index contributed by atoms with van der Waals surface area (Å²) < 4.78 is 2.64. The van der Waals surface area contributed by atoms with E-state index in [-0.39, 0.29) is 5.82 Å². The van der Waals surface area contributed by atoms with Gasteiger partial charge in [0.2, 0.25) is 5.82 Å². The fourth-order valence-corrected chi connectivity index (χ4v) is 2.16. The second-order valence-corrected chi connectivity index (χ2v) is 4.93. The van der Waals surface area contributed by atoms with E-state index in [1.807, 2.05) is 18.2 Å². The normalized spacial score (nSPS) is 10.8. The lowest BCUT2D eigenvalue weighted by atomic mass is 10.2. The van der Waals surface area contributed by atoms with Gasteiger partial charge in [0.1, 0.15) is 5.82 Å². The van der Waals surface area contributed by atoms with Crippen LogP contribution in [-0.4, -0.2) is 25.7 Å². The maximum atomic E-state index is 12.4. The van der Waals surface area contributed by atoms with Crippen LogP contribution in [0.15, 0.2) is 36.5 Å². The lowest BCUT2D eigenvalue weighted by Crippen LogP contribution is -2.24. The molecule has 2 heterocycles. The van der Waals surface area contributed by atoms with Crippen LogP contribution < -0.4 is 4.42 Å². The number of rotatable bonds is 2. The van der Waals surface area contributed by atoms with Crippen molar-refractivity contribution < 1.29 is 4.79 Å². The largest absolute Gasteiger partial charge is 0.310 e. The Morgan fingerprint density at radius 1 is 1.29 bits per heavy atom. The SMILES string of the molecule is Cc1nnc(C(=O)N(Cl)c2ccc3ncccc3c2)n1C. The van der Waals surface area contributed by atoms with Crippen LogP contribution in [0.5, 0.6) is 0 Å². The van der Waals surface area contributed by atoms with Crippen molar-refractivity contribution in [3.63, 3.8) is 0 Å². The molecule has 0 fully saturated rings. The van der Waals surface area contributed by atoms with Gasteiger partial charge in [-0.1, -0.05) is 6.07 Å². The molecule has 2 aromatic heterocycles. The zero-order chi connectivity index (χ0) is 15.0. The molecule has 3 aromatic rings. The highest BCUT2D eigenvalue weighted by Crippen LogP contribution is 2.23. The number of fused-ring (bicyclic) bond motifs is 1. The van der Waals surface area contributed by atoms with E-state index in [1.54, 1.807) is 36.9 Å². The standard InChI is InChI=1S/C14H12ClN5O/c1-9-17-18-13(19(9)2)14(21)20(15)11-5-6-12-10(8-11)4-3-7-16-12/h3-8H,1-2H3. The van der Waals surface area contributed by atoms with E-state index in [4.69, 9.17) is 11.8 Å². The number of aryl methyl sites for hydroxylation is 1. The first-order valence-corrected chi connectivity index (χ1v) is 6.63. The maximum Gasteiger partial charge on any atom is 0.310 e. The Balaban J connectivity index is 1.98. The summed E-state index contributed by atoms with van der Waals surface area (Å²) in [6.45, 7) is 1.77. The van der Waals surface area contributed by atoms with Crippen LogP contribution in [-0.2, 0) is 7.05 Å². The van der Waals surface area contributed by atoms with Crippen molar-refractivity contribution in [2.45, 2.75) is 6.92 Å². The summed E-state index contributed by atoms with van der Waals surface area (Å²) in [5, 5.41) is 8.61. The summed E-state index contributed by atoms with van der Waals surface area (Å²) in [7, 11) is 1.72. The van der Waals surface area contributed by atoms with Crippen molar-refractivity contribution in [1.82, 2.24) is 19.7 Å². The fraction of sp³-hybridized carbons (Fsp3) is 0.143. The number of nitrogens with zero attached hydrogens (tertiary/aromatic N) is 5. The van der Waals surface area contributed by atoms with Gasteiger partial charge in [-0.2, -0.15) is 0 Å². The Morgan fingerprint density at radius 2 is 2.10 bits per heavy atom. The molecule has 0 saturated heterocycles. The molecule has 0 aliphatic carbocycles. The molecular weight excluding hydrogens is 290 g/mol. The van der Waals surface area contributed by atoms with Crippen molar-refractivity contribution in [2.24, 2.45) is 7.05 Å². The summed E-state index contributed by atoms with van der Waals surface area (Å²) >= 11 is 6.16. The number of amides is 1. The molecular formula is C14H12ClN5O. The number of hydrogen-bond acceptors (Lipinski definition) is 4. The predicted octanol–water partition coefficient (Wildman–Crippen LogP) is 2.47. The van der Waals surface area contributed by atoms with Crippen molar-refractivity contribution in [3.05, 3.63) is 48.2 Å². The number of benzene rings is 1. The van der Waals surface area contributed by atoms with Gasteiger partial charge < -0.3 is 4.57 Å². The van der Waals surface area contributed by atoms with E-state index >= 15 is 0 Å². The minimum atomic E-state index is -0.428. The van der Waals surface area contributed by atoms with Crippen LogP contribution in [0.4, 0.5) is 5.69 Å². The van der Waals surface area contributed by atoms with Gasteiger partial charge in [-0.3, -0.25) is 9.78 Å². The van der Waals surface area contributed by atoms with Crippen LogP contribution in [0.25, 0.3) is 10.9 Å². The van der Waals surface area contributed by atoms with Gasteiger partial charge in [0.05, 0.1) is 11.2 Å². The molecule has 21 heavy (non-hydrogen) atoms. The molecule has 0 radical (unpaired) electrons. The van der Waals surface area contributed by atoms with Gasteiger partial charge in [-0.15, -0.1) is 10.2 Å². The van der Waals surface area contributed by atoms with E-state index in [1.165, 1.54) is 0 Å². The van der Waals surface area contributed by atoms with Crippen LogP contribution in [0.2, 0.25) is 0 Å². The average Bonchev–Trinajstić information content (AvgIpc) is 2.85. The Kier molecular flexibility index (Phi) is 3.31. The average molecular weight is 302 g/mol. The van der Waals surface area contributed by atoms with Gasteiger partial charge in [-0.05, 0) is 31.2 Å². The Hall–Kier alpha value is -2.47. The topological polar surface area (TPSA) is 63.9 Å². The summed E-state index contributed by atoms with van der Waals surface area (Å²) in [6.07, 6.45) is 1.72. The first kappa shape index (κ1) is 13.5. The Labute approximate surface area is 126 Å². The third-order valence-corrected chi connectivity index (χ3v) is 3.62. The van der Waals surface area contributed by atoms with Gasteiger partial charge in [-0.25, -0.2) is 4.42 Å². The number of pyridine rings is 1. The minimum Gasteiger partial charge on any atom is -0.310 e. The minimum absolute atomic E-state index is 0.189.